The fraction of sp³-hybridized carbons (Fsp3) is 0.0833. The lowest BCUT2D eigenvalue weighted by atomic mass is 10.2. The summed E-state index contributed by atoms with van der Waals surface area (Å²) in [5.41, 5.74) is -2.71. The number of halogens is 4. The number of nitrogens with zero attached hydrogens (tertiary/aromatic N) is 3. The van der Waals surface area contributed by atoms with E-state index in [1.165, 1.54) is 0 Å². The highest BCUT2D eigenvalue weighted by Gasteiger charge is 2.32. The molecule has 0 bridgehead atoms. The number of aromatic nitrogens is 1. The SMILES string of the molecule is O=[N+]([O-])c1ccc(Oc2ncc(C(F)(F)F)cc2Cl)cc1[N+](=O)[O-]. The van der Waals surface area contributed by atoms with Crippen LogP contribution >= 0.6 is 11.6 Å². The van der Waals surface area contributed by atoms with Crippen molar-refractivity contribution in [3.05, 3.63) is 61.3 Å². The molecule has 12 heteroatoms. The highest BCUT2D eigenvalue weighted by Crippen LogP contribution is 2.36. The normalized spacial score (nSPS) is 11.2. The lowest BCUT2D eigenvalue weighted by molar-refractivity contribution is -0.422. The minimum absolute atomic E-state index is 0.249. The summed E-state index contributed by atoms with van der Waals surface area (Å²) in [6.07, 6.45) is -4.18. The third kappa shape index (κ3) is 3.68. The standard InChI is InChI=1S/C12H5ClF3N3O5/c13-8-3-6(12(14,15)16)5-17-11(8)24-7-1-2-9(18(20)21)10(4-7)19(22)23/h1-5H. The molecule has 1 aromatic carbocycles. The van der Waals surface area contributed by atoms with Crippen molar-refractivity contribution in [2.75, 3.05) is 0 Å². The molecule has 0 amide bonds. The van der Waals surface area contributed by atoms with E-state index in [1.807, 2.05) is 0 Å². The lowest BCUT2D eigenvalue weighted by Crippen LogP contribution is -2.05. The van der Waals surface area contributed by atoms with Gasteiger partial charge in [-0.25, -0.2) is 4.98 Å². The Morgan fingerprint density at radius 1 is 1.08 bits per heavy atom. The van der Waals surface area contributed by atoms with Crippen molar-refractivity contribution in [3.63, 3.8) is 0 Å². The van der Waals surface area contributed by atoms with Crippen molar-refractivity contribution in [1.82, 2.24) is 4.98 Å². The number of nitro groups is 2. The molecular weight excluding hydrogens is 359 g/mol. The Kier molecular flexibility index (Phi) is 4.55. The van der Waals surface area contributed by atoms with Gasteiger partial charge in [0.15, 0.2) is 0 Å². The Hall–Kier alpha value is -2.95. The van der Waals surface area contributed by atoms with E-state index in [0.717, 1.165) is 18.2 Å². The van der Waals surface area contributed by atoms with Gasteiger partial charge in [-0.1, -0.05) is 11.6 Å². The molecule has 126 valence electrons. The molecule has 0 radical (unpaired) electrons. The van der Waals surface area contributed by atoms with E-state index in [0.29, 0.717) is 12.3 Å². The van der Waals surface area contributed by atoms with Crippen molar-refractivity contribution in [1.29, 1.82) is 0 Å². The second-order valence-corrected chi connectivity index (χ2v) is 4.68. The topological polar surface area (TPSA) is 108 Å². The smallest absolute Gasteiger partial charge is 0.417 e. The van der Waals surface area contributed by atoms with Crippen LogP contribution in [0.5, 0.6) is 11.6 Å². The molecule has 2 rings (SSSR count). The number of hydrogen-bond donors (Lipinski definition) is 0. The third-order valence-electron chi connectivity index (χ3n) is 2.69. The number of benzene rings is 1. The fourth-order valence-electron chi connectivity index (χ4n) is 1.63. The second-order valence-electron chi connectivity index (χ2n) is 4.28. The van der Waals surface area contributed by atoms with Crippen molar-refractivity contribution in [2.24, 2.45) is 0 Å². The number of ether oxygens (including phenoxy) is 1. The van der Waals surface area contributed by atoms with Crippen LogP contribution in [0.3, 0.4) is 0 Å². The Balaban J connectivity index is 2.37. The summed E-state index contributed by atoms with van der Waals surface area (Å²) >= 11 is 5.64. The molecule has 0 aliphatic heterocycles. The maximum atomic E-state index is 12.5. The van der Waals surface area contributed by atoms with Crippen LogP contribution in [0.2, 0.25) is 5.02 Å². The van der Waals surface area contributed by atoms with Gasteiger partial charge in [0.05, 0.1) is 21.5 Å². The maximum Gasteiger partial charge on any atom is 0.417 e. The summed E-state index contributed by atoms with van der Waals surface area (Å²) in [4.78, 5) is 23.0. The minimum Gasteiger partial charge on any atom is -0.437 e. The number of rotatable bonds is 4. The molecule has 0 saturated carbocycles. The quantitative estimate of drug-likeness (QED) is 0.589. The zero-order valence-corrected chi connectivity index (χ0v) is 12.0. The third-order valence-corrected chi connectivity index (χ3v) is 2.96. The van der Waals surface area contributed by atoms with Crippen molar-refractivity contribution >= 4 is 23.0 Å². The van der Waals surface area contributed by atoms with Gasteiger partial charge < -0.3 is 4.74 Å². The number of pyridine rings is 1. The first kappa shape index (κ1) is 17.4. The molecule has 0 aliphatic rings. The van der Waals surface area contributed by atoms with Crippen LogP contribution in [0.1, 0.15) is 5.56 Å². The van der Waals surface area contributed by atoms with Gasteiger partial charge in [-0.15, -0.1) is 0 Å². The average Bonchev–Trinajstić information content (AvgIpc) is 2.47. The number of nitro benzene ring substituents is 2. The van der Waals surface area contributed by atoms with Gasteiger partial charge in [-0.3, -0.25) is 20.2 Å². The van der Waals surface area contributed by atoms with Crippen LogP contribution < -0.4 is 4.74 Å². The average molecular weight is 364 g/mol. The van der Waals surface area contributed by atoms with E-state index in [2.05, 4.69) is 4.98 Å². The fourth-order valence-corrected chi connectivity index (χ4v) is 1.84. The van der Waals surface area contributed by atoms with Crippen molar-refractivity contribution in [3.8, 4) is 11.6 Å². The van der Waals surface area contributed by atoms with E-state index in [1.54, 1.807) is 0 Å². The Bertz CT molecular complexity index is 828. The summed E-state index contributed by atoms with van der Waals surface area (Å²) in [5, 5.41) is 21.1. The van der Waals surface area contributed by atoms with Crippen LogP contribution in [-0.2, 0) is 6.18 Å². The molecule has 0 saturated heterocycles. The molecule has 0 atom stereocenters. The zero-order chi connectivity index (χ0) is 18.1. The van der Waals surface area contributed by atoms with Gasteiger partial charge >= 0.3 is 17.6 Å². The largest absolute Gasteiger partial charge is 0.437 e. The first-order valence-electron chi connectivity index (χ1n) is 5.93. The molecule has 8 nitrogen and oxygen atoms in total. The Morgan fingerprint density at radius 2 is 1.71 bits per heavy atom. The Labute approximate surface area is 135 Å². The Morgan fingerprint density at radius 3 is 2.21 bits per heavy atom. The zero-order valence-electron chi connectivity index (χ0n) is 11.3. The van der Waals surface area contributed by atoms with Crippen molar-refractivity contribution in [2.45, 2.75) is 6.18 Å². The van der Waals surface area contributed by atoms with Crippen LogP contribution in [0.4, 0.5) is 24.5 Å². The number of alkyl halides is 3. The van der Waals surface area contributed by atoms with Gasteiger partial charge in [0.1, 0.15) is 10.8 Å². The van der Waals surface area contributed by atoms with E-state index >= 15 is 0 Å². The summed E-state index contributed by atoms with van der Waals surface area (Å²) in [5.74, 6) is -0.686. The van der Waals surface area contributed by atoms with Gasteiger partial charge in [0.25, 0.3) is 0 Å². The molecule has 0 unspecified atom stereocenters. The van der Waals surface area contributed by atoms with Gasteiger partial charge in [0.2, 0.25) is 5.88 Å². The molecule has 0 aliphatic carbocycles. The monoisotopic (exact) mass is 363 g/mol. The maximum absolute atomic E-state index is 12.5. The summed E-state index contributed by atoms with van der Waals surface area (Å²) in [6, 6.07) is 3.17. The molecular formula is C12H5ClF3N3O5. The molecule has 0 fully saturated rings. The van der Waals surface area contributed by atoms with Gasteiger partial charge in [0, 0.05) is 12.3 Å². The lowest BCUT2D eigenvalue weighted by Gasteiger charge is -2.10. The van der Waals surface area contributed by atoms with Gasteiger partial charge in [-0.05, 0) is 12.1 Å². The van der Waals surface area contributed by atoms with Crippen LogP contribution in [0.15, 0.2) is 30.5 Å². The molecule has 0 N–H and O–H groups in total. The van der Waals surface area contributed by atoms with E-state index < -0.39 is 43.9 Å². The van der Waals surface area contributed by atoms with Crippen LogP contribution in [-0.4, -0.2) is 14.8 Å². The summed E-state index contributed by atoms with van der Waals surface area (Å²) in [6.45, 7) is 0. The van der Waals surface area contributed by atoms with Crippen LogP contribution in [0, 0.1) is 20.2 Å². The minimum atomic E-state index is -4.65. The van der Waals surface area contributed by atoms with E-state index in [9.17, 15) is 33.4 Å². The molecule has 0 spiro atoms. The first-order chi connectivity index (χ1) is 11.1. The number of hydrogen-bond acceptors (Lipinski definition) is 6. The molecule has 2 aromatic rings. The predicted octanol–water partition coefficient (Wildman–Crippen LogP) is 4.36. The van der Waals surface area contributed by atoms with Crippen molar-refractivity contribution < 1.29 is 27.8 Å². The molecule has 1 aromatic heterocycles. The van der Waals surface area contributed by atoms with E-state index in [-0.39, 0.29) is 5.75 Å². The molecule has 24 heavy (non-hydrogen) atoms. The highest BCUT2D eigenvalue weighted by atomic mass is 35.5. The summed E-state index contributed by atoms with van der Waals surface area (Å²) in [7, 11) is 0. The predicted molar refractivity (Wildman–Crippen MR) is 74.1 cm³/mol. The summed E-state index contributed by atoms with van der Waals surface area (Å²) < 4.78 is 42.6. The highest BCUT2D eigenvalue weighted by molar-refractivity contribution is 6.31. The van der Waals surface area contributed by atoms with E-state index in [4.69, 9.17) is 16.3 Å². The second kappa shape index (κ2) is 6.28. The van der Waals surface area contributed by atoms with Crippen LogP contribution in [0.25, 0.3) is 0 Å². The first-order valence-corrected chi connectivity index (χ1v) is 6.31. The van der Waals surface area contributed by atoms with Gasteiger partial charge in [-0.2, -0.15) is 13.2 Å². The molecule has 1 heterocycles.